The van der Waals surface area contributed by atoms with E-state index in [1.807, 2.05) is 6.07 Å². The average molecular weight is 192 g/mol. The van der Waals surface area contributed by atoms with Gasteiger partial charge in [-0.3, -0.25) is 4.90 Å². The summed E-state index contributed by atoms with van der Waals surface area (Å²) in [6.45, 7) is 2.97. The molecule has 0 spiro atoms. The number of nitriles is 1. The van der Waals surface area contributed by atoms with Crippen LogP contribution in [-0.2, 0) is 4.74 Å². The first-order valence-electron chi connectivity index (χ1n) is 4.66. The largest absolute Gasteiger partial charge is 0.467 e. The molecule has 1 aliphatic rings. The third-order valence-electron chi connectivity index (χ3n) is 2.35. The van der Waals surface area contributed by atoms with Gasteiger partial charge >= 0.3 is 0 Å². The fourth-order valence-corrected chi connectivity index (χ4v) is 1.61. The van der Waals surface area contributed by atoms with Crippen LogP contribution in [0.25, 0.3) is 0 Å². The van der Waals surface area contributed by atoms with Crippen LogP contribution in [0, 0.1) is 11.3 Å². The van der Waals surface area contributed by atoms with Crippen molar-refractivity contribution in [2.45, 2.75) is 6.04 Å². The van der Waals surface area contributed by atoms with Crippen LogP contribution in [-0.4, -0.2) is 31.2 Å². The number of furan rings is 1. The monoisotopic (exact) mass is 192 g/mol. The zero-order chi connectivity index (χ0) is 9.80. The highest BCUT2D eigenvalue weighted by molar-refractivity contribution is 5.13. The second kappa shape index (κ2) is 4.27. The Kier molecular flexibility index (Phi) is 2.82. The number of nitrogens with zero attached hydrogens (tertiary/aromatic N) is 2. The van der Waals surface area contributed by atoms with Crippen molar-refractivity contribution in [3.05, 3.63) is 24.2 Å². The first-order valence-corrected chi connectivity index (χ1v) is 4.66. The van der Waals surface area contributed by atoms with Gasteiger partial charge in [0.1, 0.15) is 5.76 Å². The molecule has 0 aromatic carbocycles. The summed E-state index contributed by atoms with van der Waals surface area (Å²) in [5.74, 6) is 0.717. The summed E-state index contributed by atoms with van der Waals surface area (Å²) in [5.41, 5.74) is 0. The van der Waals surface area contributed by atoms with E-state index in [2.05, 4.69) is 11.0 Å². The molecule has 14 heavy (non-hydrogen) atoms. The fourth-order valence-electron chi connectivity index (χ4n) is 1.61. The molecule has 0 radical (unpaired) electrons. The predicted octanol–water partition coefficient (Wildman–Crippen LogP) is 1.18. The summed E-state index contributed by atoms with van der Waals surface area (Å²) in [5, 5.41) is 9.06. The second-order valence-electron chi connectivity index (χ2n) is 3.20. The second-order valence-corrected chi connectivity index (χ2v) is 3.20. The summed E-state index contributed by atoms with van der Waals surface area (Å²) in [4.78, 5) is 2.07. The van der Waals surface area contributed by atoms with Crippen molar-refractivity contribution in [2.24, 2.45) is 0 Å². The minimum Gasteiger partial charge on any atom is -0.467 e. The highest BCUT2D eigenvalue weighted by atomic mass is 16.5. The molecule has 0 saturated carbocycles. The molecule has 1 aliphatic heterocycles. The molecule has 1 aromatic heterocycles. The lowest BCUT2D eigenvalue weighted by Gasteiger charge is -2.29. The molecule has 0 amide bonds. The number of hydrogen-bond acceptors (Lipinski definition) is 4. The third-order valence-corrected chi connectivity index (χ3v) is 2.35. The Balaban J connectivity index is 2.09. The van der Waals surface area contributed by atoms with Crippen molar-refractivity contribution >= 4 is 0 Å². The van der Waals surface area contributed by atoms with E-state index in [1.54, 1.807) is 12.3 Å². The molecule has 1 atom stereocenters. The van der Waals surface area contributed by atoms with Crippen molar-refractivity contribution < 1.29 is 9.15 Å². The third kappa shape index (κ3) is 1.79. The van der Waals surface area contributed by atoms with Crippen molar-refractivity contribution in [2.75, 3.05) is 26.3 Å². The Hall–Kier alpha value is -1.31. The van der Waals surface area contributed by atoms with Gasteiger partial charge in [-0.2, -0.15) is 5.26 Å². The van der Waals surface area contributed by atoms with Crippen LogP contribution in [0.4, 0.5) is 0 Å². The van der Waals surface area contributed by atoms with Gasteiger partial charge in [0, 0.05) is 13.1 Å². The molecule has 0 aliphatic carbocycles. The van der Waals surface area contributed by atoms with E-state index in [0.717, 1.165) is 18.8 Å². The maximum atomic E-state index is 9.06. The smallest absolute Gasteiger partial charge is 0.157 e. The normalized spacial score (nSPS) is 20.2. The Morgan fingerprint density at radius 2 is 2.21 bits per heavy atom. The van der Waals surface area contributed by atoms with Gasteiger partial charge in [0.2, 0.25) is 0 Å². The van der Waals surface area contributed by atoms with E-state index in [0.29, 0.717) is 13.2 Å². The maximum Gasteiger partial charge on any atom is 0.157 e. The first-order chi connectivity index (χ1) is 6.92. The van der Waals surface area contributed by atoms with Gasteiger partial charge in [0.25, 0.3) is 0 Å². The number of hydrogen-bond donors (Lipinski definition) is 0. The van der Waals surface area contributed by atoms with Crippen molar-refractivity contribution in [3.63, 3.8) is 0 Å². The lowest BCUT2D eigenvalue weighted by atomic mass is 10.2. The maximum absolute atomic E-state index is 9.06. The Bertz CT molecular complexity index is 309. The molecule has 0 bridgehead atoms. The Morgan fingerprint density at radius 1 is 1.43 bits per heavy atom. The van der Waals surface area contributed by atoms with Crippen molar-refractivity contribution in [1.82, 2.24) is 4.90 Å². The SMILES string of the molecule is N#CC(c1ccco1)N1CCOCC1. The van der Waals surface area contributed by atoms with Gasteiger partial charge in [-0.1, -0.05) is 0 Å². The van der Waals surface area contributed by atoms with Gasteiger partial charge in [-0.25, -0.2) is 0 Å². The quantitative estimate of drug-likeness (QED) is 0.706. The molecule has 4 nitrogen and oxygen atoms in total. The van der Waals surface area contributed by atoms with Gasteiger partial charge in [0.05, 0.1) is 25.5 Å². The number of rotatable bonds is 2. The summed E-state index contributed by atoms with van der Waals surface area (Å²) >= 11 is 0. The number of morpholine rings is 1. The molecule has 1 unspecified atom stereocenters. The van der Waals surface area contributed by atoms with Crippen LogP contribution in [0.1, 0.15) is 11.8 Å². The van der Waals surface area contributed by atoms with Crippen LogP contribution >= 0.6 is 0 Å². The molecular formula is C10H12N2O2. The molecule has 4 heteroatoms. The zero-order valence-electron chi connectivity index (χ0n) is 7.85. The van der Waals surface area contributed by atoms with Gasteiger partial charge in [-0.15, -0.1) is 0 Å². The summed E-state index contributed by atoms with van der Waals surface area (Å²) in [6, 6.07) is 5.62. The molecule has 74 valence electrons. The lowest BCUT2D eigenvalue weighted by Crippen LogP contribution is -2.38. The fraction of sp³-hybridized carbons (Fsp3) is 0.500. The van der Waals surface area contributed by atoms with E-state index < -0.39 is 0 Å². The van der Waals surface area contributed by atoms with Crippen LogP contribution in [0.15, 0.2) is 22.8 Å². The standard InChI is InChI=1S/C10H12N2O2/c11-8-9(10-2-1-5-14-10)12-3-6-13-7-4-12/h1-2,5,9H,3-4,6-7H2. The molecule has 1 fully saturated rings. The molecule has 2 heterocycles. The Labute approximate surface area is 82.7 Å². The molecule has 1 saturated heterocycles. The van der Waals surface area contributed by atoms with Gasteiger partial charge < -0.3 is 9.15 Å². The summed E-state index contributed by atoms with van der Waals surface area (Å²) < 4.78 is 10.5. The van der Waals surface area contributed by atoms with E-state index in [4.69, 9.17) is 14.4 Å². The van der Waals surface area contributed by atoms with Crippen LogP contribution in [0.2, 0.25) is 0 Å². The molecule has 1 aromatic rings. The van der Waals surface area contributed by atoms with E-state index in [9.17, 15) is 0 Å². The highest BCUT2D eigenvalue weighted by Gasteiger charge is 2.23. The summed E-state index contributed by atoms with van der Waals surface area (Å²) in [6.07, 6.45) is 1.60. The van der Waals surface area contributed by atoms with Crippen LogP contribution in [0.5, 0.6) is 0 Å². The lowest BCUT2D eigenvalue weighted by molar-refractivity contribution is 0.0231. The minimum atomic E-state index is -0.270. The van der Waals surface area contributed by atoms with Crippen LogP contribution in [0.3, 0.4) is 0 Å². The van der Waals surface area contributed by atoms with E-state index in [1.165, 1.54) is 0 Å². The molecule has 2 rings (SSSR count). The molecule has 0 N–H and O–H groups in total. The summed E-state index contributed by atoms with van der Waals surface area (Å²) in [7, 11) is 0. The van der Waals surface area contributed by atoms with Gasteiger partial charge in [0.15, 0.2) is 6.04 Å². The minimum absolute atomic E-state index is 0.270. The van der Waals surface area contributed by atoms with E-state index in [-0.39, 0.29) is 6.04 Å². The highest BCUT2D eigenvalue weighted by Crippen LogP contribution is 2.20. The van der Waals surface area contributed by atoms with Gasteiger partial charge in [-0.05, 0) is 12.1 Å². The zero-order valence-corrected chi connectivity index (χ0v) is 7.85. The van der Waals surface area contributed by atoms with Crippen molar-refractivity contribution in [1.29, 1.82) is 5.26 Å². The topological polar surface area (TPSA) is 49.4 Å². The first kappa shape index (κ1) is 9.25. The predicted molar refractivity (Wildman–Crippen MR) is 49.5 cm³/mol. The number of ether oxygens (including phenoxy) is 1. The van der Waals surface area contributed by atoms with Crippen LogP contribution < -0.4 is 0 Å². The Morgan fingerprint density at radius 3 is 2.79 bits per heavy atom. The van der Waals surface area contributed by atoms with E-state index >= 15 is 0 Å². The average Bonchev–Trinajstić information content (AvgIpc) is 2.74. The van der Waals surface area contributed by atoms with Crippen molar-refractivity contribution in [3.8, 4) is 6.07 Å². The molecular weight excluding hydrogens is 180 g/mol.